The molecule has 4 aromatic rings. The fraction of sp³-hybridized carbons (Fsp3) is 0.267. The van der Waals surface area contributed by atoms with Gasteiger partial charge in [-0.15, -0.1) is 0 Å². The first kappa shape index (κ1) is 24.9. The van der Waals surface area contributed by atoms with Crippen LogP contribution in [0.5, 0.6) is 0 Å². The molecule has 0 aliphatic carbocycles. The second-order valence-corrected chi connectivity index (χ2v) is 16.8. The third-order valence-corrected chi connectivity index (χ3v) is 12.1. The van der Waals surface area contributed by atoms with Gasteiger partial charge in [0.2, 0.25) is 0 Å². The third-order valence-electron chi connectivity index (χ3n) is 6.10. The van der Waals surface area contributed by atoms with Crippen LogP contribution >= 0.6 is 0 Å². The van der Waals surface area contributed by atoms with Gasteiger partial charge in [-0.25, -0.2) is 0 Å². The van der Waals surface area contributed by atoms with Gasteiger partial charge in [0.1, 0.15) is 0 Å². The summed E-state index contributed by atoms with van der Waals surface area (Å²) in [5, 5.41) is 1.88. The number of fused-ring (bicyclic) bond motifs is 1. The molecule has 0 aliphatic rings. The zero-order chi connectivity index (χ0) is 24.7. The van der Waals surface area contributed by atoms with Crippen molar-refractivity contribution in [1.82, 2.24) is 0 Å². The fourth-order valence-electron chi connectivity index (χ4n) is 3.99. The van der Waals surface area contributed by atoms with Gasteiger partial charge in [-0.1, -0.05) is 0 Å². The van der Waals surface area contributed by atoms with E-state index in [1.54, 1.807) is 0 Å². The molecule has 0 aliphatic heterocycles. The third kappa shape index (κ3) is 5.07. The average molecular weight is 583 g/mol. The Kier molecular flexibility index (Phi) is 6.91. The molecule has 0 heterocycles. The summed E-state index contributed by atoms with van der Waals surface area (Å²) in [5.41, 5.74) is 2.54. The molecule has 0 aromatic heterocycles. The Hall–Kier alpha value is -2.22. The van der Waals surface area contributed by atoms with Crippen molar-refractivity contribution in [3.05, 3.63) is 96.1 Å². The summed E-state index contributed by atoms with van der Waals surface area (Å²) in [5.74, 6) is 0. The van der Waals surface area contributed by atoms with E-state index in [0.717, 1.165) is 28.6 Å². The molecule has 0 bridgehead atoms. The Bertz CT molecular complexity index is 1270. The Morgan fingerprint density at radius 2 is 0.853 bits per heavy atom. The van der Waals surface area contributed by atoms with Crippen molar-refractivity contribution < 1.29 is 7.67 Å². The minimum absolute atomic E-state index is 0.0485. The molecule has 0 fully saturated rings. The fourth-order valence-corrected chi connectivity index (χ4v) is 9.58. The van der Waals surface area contributed by atoms with Gasteiger partial charge in [-0.05, 0) is 0 Å². The standard InChI is InChI=1S/C30H32O2Se2/c1-29(2,3)22-13-17-24(18-14-22)33(31)26-11-7-9-21-10-8-12-27(28(21)26)34(32)25-19-15-23(16-20-25)30(4,5)6/h7-20H,1-6H3. The number of benzene rings is 4. The molecule has 2 nitrogen and oxygen atoms in total. The maximum absolute atomic E-state index is 13.8. The predicted octanol–water partition coefficient (Wildman–Crippen LogP) is 4.51. The van der Waals surface area contributed by atoms with Gasteiger partial charge in [0.25, 0.3) is 0 Å². The monoisotopic (exact) mass is 584 g/mol. The molecule has 0 N–H and O–H groups in total. The number of rotatable bonds is 4. The Balaban J connectivity index is 1.79. The summed E-state index contributed by atoms with van der Waals surface area (Å²) < 4.78 is 30.9. The predicted molar refractivity (Wildman–Crippen MR) is 146 cm³/mol. The molecule has 2 unspecified atom stereocenters. The summed E-state index contributed by atoms with van der Waals surface area (Å²) in [7, 11) is 0. The zero-order valence-electron chi connectivity index (χ0n) is 20.7. The Labute approximate surface area is 211 Å². The molecule has 2 atom stereocenters. The van der Waals surface area contributed by atoms with Crippen LogP contribution in [0.3, 0.4) is 0 Å². The van der Waals surface area contributed by atoms with Crippen LogP contribution in [0.15, 0.2) is 84.9 Å². The number of hydrogen-bond acceptors (Lipinski definition) is 2. The van der Waals surface area contributed by atoms with Gasteiger partial charge in [0.15, 0.2) is 0 Å². The molecule has 4 aromatic carbocycles. The molecular weight excluding hydrogens is 550 g/mol. The average Bonchev–Trinajstić information content (AvgIpc) is 2.81. The molecule has 34 heavy (non-hydrogen) atoms. The van der Waals surface area contributed by atoms with Crippen molar-refractivity contribution in [3.8, 4) is 0 Å². The van der Waals surface area contributed by atoms with Gasteiger partial charge in [0.05, 0.1) is 0 Å². The van der Waals surface area contributed by atoms with Crippen LogP contribution in [0.4, 0.5) is 0 Å². The first-order valence-corrected chi connectivity index (χ1v) is 16.4. The first-order chi connectivity index (χ1) is 16.0. The van der Waals surface area contributed by atoms with Crippen LogP contribution in [-0.2, 0) is 18.5 Å². The molecule has 4 heteroatoms. The maximum atomic E-state index is 13.8. The molecule has 4 rings (SSSR count). The normalized spacial score (nSPS) is 14.2. The van der Waals surface area contributed by atoms with E-state index in [9.17, 15) is 7.67 Å². The summed E-state index contributed by atoms with van der Waals surface area (Å²) >= 11 is -5.08. The van der Waals surface area contributed by atoms with E-state index < -0.39 is 27.7 Å². The van der Waals surface area contributed by atoms with Crippen molar-refractivity contribution in [3.63, 3.8) is 0 Å². The molecule has 176 valence electrons. The van der Waals surface area contributed by atoms with Gasteiger partial charge in [-0.2, -0.15) is 0 Å². The molecule has 0 saturated heterocycles. The van der Waals surface area contributed by atoms with Crippen molar-refractivity contribution >= 4 is 56.3 Å². The van der Waals surface area contributed by atoms with E-state index in [-0.39, 0.29) is 10.8 Å². The Morgan fingerprint density at radius 1 is 0.500 bits per heavy atom. The molecule has 0 saturated carbocycles. The summed E-state index contributed by atoms with van der Waals surface area (Å²) in [6.45, 7) is 13.1. The molecule has 0 amide bonds. The topological polar surface area (TPSA) is 34.1 Å². The molecule has 0 spiro atoms. The zero-order valence-corrected chi connectivity index (χ0v) is 24.1. The van der Waals surface area contributed by atoms with Crippen molar-refractivity contribution in [2.24, 2.45) is 0 Å². The van der Waals surface area contributed by atoms with Gasteiger partial charge >= 0.3 is 212 Å². The van der Waals surface area contributed by atoms with E-state index in [4.69, 9.17) is 0 Å². The van der Waals surface area contributed by atoms with E-state index in [2.05, 4.69) is 65.8 Å². The summed E-state index contributed by atoms with van der Waals surface area (Å²) in [6.07, 6.45) is 0. The van der Waals surface area contributed by atoms with Crippen LogP contribution in [0.25, 0.3) is 10.8 Å². The summed E-state index contributed by atoms with van der Waals surface area (Å²) in [6, 6.07) is 28.1. The SMILES string of the molecule is CC(C)(C)c1ccc([Se](=O)c2cccc3cccc([Se](=O)c4ccc(C(C)(C)C)cc4)c23)cc1. The van der Waals surface area contributed by atoms with E-state index in [1.165, 1.54) is 11.1 Å². The van der Waals surface area contributed by atoms with Crippen LogP contribution in [0, 0.1) is 0 Å². The van der Waals surface area contributed by atoms with Crippen LogP contribution in [0.1, 0.15) is 52.7 Å². The van der Waals surface area contributed by atoms with Crippen LogP contribution < -0.4 is 17.8 Å². The van der Waals surface area contributed by atoms with Crippen LogP contribution in [0.2, 0.25) is 0 Å². The van der Waals surface area contributed by atoms with Crippen molar-refractivity contribution in [2.75, 3.05) is 0 Å². The Morgan fingerprint density at radius 3 is 1.18 bits per heavy atom. The van der Waals surface area contributed by atoms with Crippen LogP contribution in [-0.4, -0.2) is 27.7 Å². The van der Waals surface area contributed by atoms with E-state index in [1.807, 2.05) is 60.7 Å². The van der Waals surface area contributed by atoms with Crippen molar-refractivity contribution in [1.29, 1.82) is 0 Å². The molecule has 0 radical (unpaired) electrons. The minimum atomic E-state index is -2.54. The van der Waals surface area contributed by atoms with Gasteiger partial charge < -0.3 is 0 Å². The second-order valence-electron chi connectivity index (χ2n) is 10.7. The van der Waals surface area contributed by atoms with Gasteiger partial charge in [-0.3, -0.25) is 0 Å². The van der Waals surface area contributed by atoms with Gasteiger partial charge in [0, 0.05) is 0 Å². The van der Waals surface area contributed by atoms with E-state index in [0.29, 0.717) is 0 Å². The number of hydrogen-bond donors (Lipinski definition) is 0. The summed E-state index contributed by atoms with van der Waals surface area (Å²) in [4.78, 5) is 0. The molecular formula is C30H32O2Se2. The van der Waals surface area contributed by atoms with Crippen molar-refractivity contribution in [2.45, 2.75) is 52.4 Å². The first-order valence-electron chi connectivity index (χ1n) is 11.5. The second kappa shape index (κ2) is 9.44. The van der Waals surface area contributed by atoms with E-state index >= 15 is 0 Å². The quantitative estimate of drug-likeness (QED) is 0.332.